The highest BCUT2D eigenvalue weighted by molar-refractivity contribution is 7.79. The minimum absolute atomic E-state index is 0.103. The van der Waals surface area contributed by atoms with Gasteiger partial charge in [0.15, 0.2) is 0 Å². The highest BCUT2D eigenvalue weighted by atomic mass is 35.5. The van der Waals surface area contributed by atoms with Gasteiger partial charge in [-0.3, -0.25) is 0 Å². The van der Waals surface area contributed by atoms with Crippen LogP contribution in [-0.4, -0.2) is 27.1 Å². The van der Waals surface area contributed by atoms with Crippen molar-refractivity contribution in [1.29, 1.82) is 0 Å². The molecule has 9 heteroatoms. The Morgan fingerprint density at radius 3 is 2.79 bits per heavy atom. The Bertz CT molecular complexity index is 1030. The molecule has 0 N–H and O–H groups in total. The molecule has 0 aliphatic carbocycles. The highest BCUT2D eigenvalue weighted by Gasteiger charge is 2.61. The second-order valence-electron chi connectivity index (χ2n) is 6.15. The molecule has 1 aliphatic rings. The van der Waals surface area contributed by atoms with E-state index in [0.717, 1.165) is 5.56 Å². The van der Waals surface area contributed by atoms with Crippen molar-refractivity contribution in [1.82, 2.24) is 14.8 Å². The summed E-state index contributed by atoms with van der Waals surface area (Å²) in [6, 6.07) is 13.9. The van der Waals surface area contributed by atoms with Crippen molar-refractivity contribution in [3.63, 3.8) is 0 Å². The van der Waals surface area contributed by atoms with Gasteiger partial charge in [0, 0.05) is 28.4 Å². The first kappa shape index (κ1) is 18.8. The van der Waals surface area contributed by atoms with Gasteiger partial charge in [-0.25, -0.2) is 9.07 Å². The standard InChI is InChI=1S/C19H15ClFN3O3S/c1-25-18(28)26-17-22-11-23-24(17)10-19(13-7-3-5-9-15(13)21)16(27-19)12-6-2-4-8-14(12)20/h2-9,11,16H,10H2,1H3/t16?,19-/m1/s1. The predicted octanol–water partition coefficient (Wildman–Crippen LogP) is 4.05. The van der Waals surface area contributed by atoms with E-state index in [4.69, 9.17) is 38.0 Å². The van der Waals surface area contributed by atoms with Crippen LogP contribution in [0.4, 0.5) is 4.39 Å². The van der Waals surface area contributed by atoms with Crippen LogP contribution < -0.4 is 4.74 Å². The Balaban J connectivity index is 1.73. The lowest BCUT2D eigenvalue weighted by molar-refractivity contribution is 0.241. The maximum atomic E-state index is 14.7. The molecule has 0 saturated carbocycles. The zero-order valence-electron chi connectivity index (χ0n) is 14.7. The quantitative estimate of drug-likeness (QED) is 0.459. The summed E-state index contributed by atoms with van der Waals surface area (Å²) >= 11 is 11.3. The predicted molar refractivity (Wildman–Crippen MR) is 104 cm³/mol. The molecule has 1 fully saturated rings. The van der Waals surface area contributed by atoms with E-state index < -0.39 is 11.7 Å². The van der Waals surface area contributed by atoms with Gasteiger partial charge in [0.05, 0.1) is 13.7 Å². The number of benzene rings is 2. The molecule has 1 aromatic heterocycles. The Kier molecular flexibility index (Phi) is 5.01. The number of epoxide rings is 1. The summed E-state index contributed by atoms with van der Waals surface area (Å²) in [7, 11) is 1.39. The van der Waals surface area contributed by atoms with Crippen LogP contribution in [0.5, 0.6) is 6.01 Å². The number of hydrogen-bond donors (Lipinski definition) is 0. The van der Waals surface area contributed by atoms with E-state index in [9.17, 15) is 4.39 Å². The van der Waals surface area contributed by atoms with Crippen LogP contribution in [0.1, 0.15) is 17.2 Å². The summed E-state index contributed by atoms with van der Waals surface area (Å²) < 4.78 is 32.4. The van der Waals surface area contributed by atoms with Crippen LogP contribution in [0.2, 0.25) is 5.02 Å². The van der Waals surface area contributed by atoms with E-state index in [0.29, 0.717) is 10.6 Å². The SMILES string of the molecule is COC(=S)Oc1ncnn1C[C@]1(c2ccccc2F)OC1c1ccccc1Cl. The summed E-state index contributed by atoms with van der Waals surface area (Å²) in [5.41, 5.74) is 0.148. The normalized spacial score (nSPS) is 20.6. The van der Waals surface area contributed by atoms with Gasteiger partial charge in [-0.2, -0.15) is 10.1 Å². The monoisotopic (exact) mass is 419 g/mol. The van der Waals surface area contributed by atoms with Gasteiger partial charge in [0.25, 0.3) is 0 Å². The van der Waals surface area contributed by atoms with E-state index in [1.54, 1.807) is 24.3 Å². The van der Waals surface area contributed by atoms with Gasteiger partial charge >= 0.3 is 11.2 Å². The van der Waals surface area contributed by atoms with Gasteiger partial charge in [0.1, 0.15) is 23.8 Å². The topological polar surface area (TPSA) is 61.7 Å². The molecule has 2 heterocycles. The van der Waals surface area contributed by atoms with Crippen molar-refractivity contribution in [2.75, 3.05) is 7.11 Å². The van der Waals surface area contributed by atoms with Crippen molar-refractivity contribution in [2.45, 2.75) is 18.2 Å². The van der Waals surface area contributed by atoms with E-state index in [1.165, 1.54) is 24.2 Å². The first-order valence-corrected chi connectivity index (χ1v) is 9.14. The number of aromatic nitrogens is 3. The Hall–Kier alpha value is -2.55. The van der Waals surface area contributed by atoms with Crippen LogP contribution in [0, 0.1) is 5.82 Å². The molecule has 1 aliphatic heterocycles. The lowest BCUT2D eigenvalue weighted by atomic mass is 9.91. The molecule has 6 nitrogen and oxygen atoms in total. The van der Waals surface area contributed by atoms with Gasteiger partial charge < -0.3 is 14.2 Å². The molecular formula is C19H15ClFN3O3S. The third-order valence-electron chi connectivity index (χ3n) is 4.52. The van der Waals surface area contributed by atoms with Gasteiger partial charge in [-0.1, -0.05) is 48.0 Å². The van der Waals surface area contributed by atoms with Crippen molar-refractivity contribution < 1.29 is 18.6 Å². The molecule has 1 unspecified atom stereocenters. The van der Waals surface area contributed by atoms with Crippen LogP contribution in [0.15, 0.2) is 54.9 Å². The lowest BCUT2D eigenvalue weighted by Crippen LogP contribution is -2.23. The maximum Gasteiger partial charge on any atom is 0.360 e. The van der Waals surface area contributed by atoms with Crippen LogP contribution >= 0.6 is 23.8 Å². The summed E-state index contributed by atoms with van der Waals surface area (Å²) in [4.78, 5) is 4.03. The number of rotatable bonds is 5. The molecule has 4 rings (SSSR count). The van der Waals surface area contributed by atoms with Gasteiger partial charge in [0.2, 0.25) is 0 Å². The van der Waals surface area contributed by atoms with Crippen molar-refractivity contribution in [3.05, 3.63) is 76.8 Å². The number of halogens is 2. The zero-order chi connectivity index (χ0) is 19.7. The average Bonchev–Trinajstić information content (AvgIpc) is 3.25. The molecule has 0 spiro atoms. The molecule has 28 heavy (non-hydrogen) atoms. The third-order valence-corrected chi connectivity index (χ3v) is 5.11. The molecular weight excluding hydrogens is 405 g/mol. The first-order valence-electron chi connectivity index (χ1n) is 8.36. The van der Waals surface area contributed by atoms with E-state index in [2.05, 4.69) is 10.1 Å². The molecule has 2 aromatic carbocycles. The fourth-order valence-corrected chi connectivity index (χ4v) is 3.48. The zero-order valence-corrected chi connectivity index (χ0v) is 16.3. The molecule has 3 aromatic rings. The average molecular weight is 420 g/mol. The van der Waals surface area contributed by atoms with E-state index >= 15 is 0 Å². The maximum absolute atomic E-state index is 14.7. The molecule has 2 atom stereocenters. The smallest absolute Gasteiger partial charge is 0.360 e. The fourth-order valence-electron chi connectivity index (χ4n) is 3.17. The third kappa shape index (κ3) is 3.34. The number of methoxy groups -OCH3 is 1. The molecule has 1 saturated heterocycles. The minimum atomic E-state index is -1.02. The highest BCUT2D eigenvalue weighted by Crippen LogP contribution is 2.59. The van der Waals surface area contributed by atoms with E-state index in [1.807, 2.05) is 18.2 Å². The van der Waals surface area contributed by atoms with Crippen LogP contribution in [0.25, 0.3) is 0 Å². The van der Waals surface area contributed by atoms with Crippen LogP contribution in [-0.2, 0) is 21.6 Å². The van der Waals surface area contributed by atoms with Gasteiger partial charge in [-0.05, 0) is 12.1 Å². The number of ether oxygens (including phenoxy) is 3. The molecule has 0 radical (unpaired) electrons. The van der Waals surface area contributed by atoms with Crippen LogP contribution in [0.3, 0.4) is 0 Å². The van der Waals surface area contributed by atoms with Crippen molar-refractivity contribution in [2.24, 2.45) is 0 Å². The number of nitrogens with zero attached hydrogens (tertiary/aromatic N) is 3. The summed E-state index contributed by atoms with van der Waals surface area (Å²) in [6.45, 7) is 0.144. The first-order chi connectivity index (χ1) is 13.5. The largest absolute Gasteiger partial charge is 0.460 e. The number of thiocarbonyl (C=S) groups is 1. The fraction of sp³-hybridized carbons (Fsp3) is 0.211. The Morgan fingerprint density at radius 1 is 1.29 bits per heavy atom. The molecule has 0 bridgehead atoms. The summed E-state index contributed by atoms with van der Waals surface area (Å²) in [6.07, 6.45) is 0.861. The summed E-state index contributed by atoms with van der Waals surface area (Å²) in [5, 5.41) is 4.60. The summed E-state index contributed by atoms with van der Waals surface area (Å²) in [5.74, 6) is -0.382. The lowest BCUT2D eigenvalue weighted by Gasteiger charge is -2.16. The second-order valence-corrected chi connectivity index (χ2v) is 6.89. The second kappa shape index (κ2) is 7.46. The van der Waals surface area contributed by atoms with Crippen molar-refractivity contribution >= 4 is 29.1 Å². The van der Waals surface area contributed by atoms with E-state index in [-0.39, 0.29) is 23.6 Å². The Labute approximate surface area is 170 Å². The van der Waals surface area contributed by atoms with Crippen molar-refractivity contribution in [3.8, 4) is 6.01 Å². The molecule has 0 amide bonds. The van der Waals surface area contributed by atoms with Gasteiger partial charge in [-0.15, -0.1) is 0 Å². The minimum Gasteiger partial charge on any atom is -0.460 e. The Morgan fingerprint density at radius 2 is 2.04 bits per heavy atom. The number of hydrogen-bond acceptors (Lipinski definition) is 6. The molecule has 144 valence electrons.